The molecule has 1 heterocycles. The van der Waals surface area contributed by atoms with Gasteiger partial charge < -0.3 is 24.4 Å². The zero-order valence-corrected chi connectivity index (χ0v) is 17.4. The van der Waals surface area contributed by atoms with Crippen molar-refractivity contribution in [1.82, 2.24) is 9.80 Å². The number of rotatable bonds is 9. The number of hydrogen-bond acceptors (Lipinski definition) is 5. The van der Waals surface area contributed by atoms with Crippen molar-refractivity contribution in [2.24, 2.45) is 17.1 Å². The molecule has 1 atom stereocenters. The average molecular weight is 334 g/mol. The summed E-state index contributed by atoms with van der Waals surface area (Å²) in [5.41, 5.74) is 6.08. The average Bonchev–Trinajstić information content (AvgIpc) is 2.46. The summed E-state index contributed by atoms with van der Waals surface area (Å²) in [5, 5.41) is 0. The van der Waals surface area contributed by atoms with Gasteiger partial charge in [0.15, 0.2) is 19.5 Å². The van der Waals surface area contributed by atoms with Crippen LogP contribution in [0.15, 0.2) is 0 Å². The maximum Gasteiger partial charge on any atom is 0.161 e. The van der Waals surface area contributed by atoms with Crippen LogP contribution in [0.3, 0.4) is 0 Å². The Morgan fingerprint density at radius 3 is 2.05 bits per heavy atom. The summed E-state index contributed by atoms with van der Waals surface area (Å²) < 4.78 is 12.0. The Bertz CT molecular complexity index is 281. The van der Waals surface area contributed by atoms with Crippen molar-refractivity contribution in [3.05, 3.63) is 0 Å². The van der Waals surface area contributed by atoms with Crippen molar-refractivity contribution in [2.45, 2.75) is 33.2 Å². The van der Waals surface area contributed by atoms with Gasteiger partial charge in [-0.3, -0.25) is 0 Å². The van der Waals surface area contributed by atoms with E-state index in [-0.39, 0.29) is 11.7 Å². The molecule has 1 saturated heterocycles. The standard InChI is InChI=1S/C14H35N3O2Si2/c1-14(2,13(18-20-4)19-21-5)12(10-15)11-17-8-6-16(3)7-9-17/h12-13H,6-11,15,20-21H2,1-5H3/t12-/m0/s1. The molecule has 0 amide bonds. The first-order valence-electron chi connectivity index (χ1n) is 8.29. The van der Waals surface area contributed by atoms with Crippen LogP contribution in [0.1, 0.15) is 13.8 Å². The lowest BCUT2D eigenvalue weighted by Gasteiger charge is -2.43. The van der Waals surface area contributed by atoms with E-state index in [1.807, 2.05) is 0 Å². The summed E-state index contributed by atoms with van der Waals surface area (Å²) in [6, 6.07) is 0. The first-order chi connectivity index (χ1) is 9.95. The number of hydrogen-bond donors (Lipinski definition) is 1. The molecule has 0 spiro atoms. The molecule has 0 aromatic rings. The normalized spacial score (nSPS) is 22.6. The zero-order valence-electron chi connectivity index (χ0n) is 14.6. The molecular weight excluding hydrogens is 298 g/mol. The highest BCUT2D eigenvalue weighted by Crippen LogP contribution is 2.33. The summed E-state index contributed by atoms with van der Waals surface area (Å²) in [5.74, 6) is 0.409. The fourth-order valence-corrected chi connectivity index (χ4v) is 4.78. The Hall–Kier alpha value is 0.234. The first kappa shape index (κ1) is 19.3. The topological polar surface area (TPSA) is 51.0 Å². The number of likely N-dealkylation sites (N-methyl/N-ethyl adjacent to an activating group) is 1. The number of piperazine rings is 1. The van der Waals surface area contributed by atoms with Crippen LogP contribution < -0.4 is 5.73 Å². The molecule has 0 bridgehead atoms. The third-order valence-electron chi connectivity index (χ3n) is 4.65. The Kier molecular flexibility index (Phi) is 8.62. The lowest BCUT2D eigenvalue weighted by Crippen LogP contribution is -2.52. The van der Waals surface area contributed by atoms with Crippen LogP contribution in [0.4, 0.5) is 0 Å². The second kappa shape index (κ2) is 9.39. The molecule has 1 aliphatic rings. The van der Waals surface area contributed by atoms with E-state index in [4.69, 9.17) is 14.6 Å². The second-order valence-electron chi connectivity index (χ2n) is 6.60. The van der Waals surface area contributed by atoms with Gasteiger partial charge in [-0.2, -0.15) is 0 Å². The van der Waals surface area contributed by atoms with E-state index in [0.717, 1.165) is 32.7 Å². The highest BCUT2D eigenvalue weighted by Gasteiger charge is 2.38. The zero-order chi connectivity index (χ0) is 15.9. The highest BCUT2D eigenvalue weighted by molar-refractivity contribution is 6.26. The predicted molar refractivity (Wildman–Crippen MR) is 95.0 cm³/mol. The summed E-state index contributed by atoms with van der Waals surface area (Å²) in [6.45, 7) is 15.2. The Balaban J connectivity index is 2.66. The number of nitrogens with two attached hydrogens (primary N) is 1. The predicted octanol–water partition coefficient (Wildman–Crippen LogP) is -0.542. The monoisotopic (exact) mass is 333 g/mol. The van der Waals surface area contributed by atoms with Crippen LogP contribution in [0, 0.1) is 11.3 Å². The molecule has 5 nitrogen and oxygen atoms in total. The van der Waals surface area contributed by atoms with Crippen molar-refractivity contribution in [2.75, 3.05) is 46.3 Å². The van der Waals surface area contributed by atoms with Gasteiger partial charge in [0.05, 0.1) is 0 Å². The minimum atomic E-state index is -0.475. The van der Waals surface area contributed by atoms with Crippen molar-refractivity contribution < 1.29 is 8.85 Å². The van der Waals surface area contributed by atoms with E-state index in [0.29, 0.717) is 12.5 Å². The Labute approximate surface area is 135 Å². The maximum absolute atomic E-state index is 6.11. The van der Waals surface area contributed by atoms with Crippen LogP contribution >= 0.6 is 0 Å². The molecule has 0 aliphatic carbocycles. The minimum Gasteiger partial charge on any atom is -0.400 e. The van der Waals surface area contributed by atoms with Gasteiger partial charge in [0.25, 0.3) is 0 Å². The molecule has 0 radical (unpaired) electrons. The fourth-order valence-electron chi connectivity index (χ4n) is 2.93. The lowest BCUT2D eigenvalue weighted by atomic mass is 9.77. The third-order valence-corrected chi connectivity index (χ3v) is 5.93. The van der Waals surface area contributed by atoms with Crippen LogP contribution in [0.5, 0.6) is 0 Å². The van der Waals surface area contributed by atoms with E-state index in [9.17, 15) is 0 Å². The summed E-state index contributed by atoms with van der Waals surface area (Å²) in [6.07, 6.45) is -0.0631. The van der Waals surface area contributed by atoms with Gasteiger partial charge >= 0.3 is 0 Å². The minimum absolute atomic E-state index is 0.0237. The fraction of sp³-hybridized carbons (Fsp3) is 1.00. The maximum atomic E-state index is 6.11. The highest BCUT2D eigenvalue weighted by atomic mass is 28.2. The van der Waals surface area contributed by atoms with Crippen LogP contribution in [0.25, 0.3) is 0 Å². The third kappa shape index (κ3) is 5.74. The molecule has 0 aromatic carbocycles. The molecule has 0 saturated carbocycles. The summed E-state index contributed by atoms with van der Waals surface area (Å²) in [7, 11) is 1.24. The largest absolute Gasteiger partial charge is 0.400 e. The van der Waals surface area contributed by atoms with Crippen molar-refractivity contribution in [1.29, 1.82) is 0 Å². The van der Waals surface area contributed by atoms with Gasteiger partial charge in [0.1, 0.15) is 6.29 Å². The van der Waals surface area contributed by atoms with Crippen LogP contribution in [0.2, 0.25) is 13.1 Å². The molecule has 0 unspecified atom stereocenters. The first-order valence-corrected chi connectivity index (χ1v) is 12.3. The van der Waals surface area contributed by atoms with Gasteiger partial charge in [-0.25, -0.2) is 0 Å². The molecular formula is C14H35N3O2Si2. The van der Waals surface area contributed by atoms with Crippen molar-refractivity contribution in [3.63, 3.8) is 0 Å². The van der Waals surface area contributed by atoms with Gasteiger partial charge in [-0.1, -0.05) is 26.9 Å². The van der Waals surface area contributed by atoms with E-state index < -0.39 is 19.5 Å². The molecule has 1 fully saturated rings. The summed E-state index contributed by atoms with van der Waals surface area (Å²) >= 11 is 0. The van der Waals surface area contributed by atoms with Crippen molar-refractivity contribution in [3.8, 4) is 0 Å². The van der Waals surface area contributed by atoms with Crippen LogP contribution in [-0.2, 0) is 8.85 Å². The van der Waals surface area contributed by atoms with E-state index >= 15 is 0 Å². The molecule has 21 heavy (non-hydrogen) atoms. The van der Waals surface area contributed by atoms with E-state index in [1.165, 1.54) is 0 Å². The quantitative estimate of drug-likeness (QED) is 0.454. The van der Waals surface area contributed by atoms with Crippen molar-refractivity contribution >= 4 is 19.5 Å². The summed E-state index contributed by atoms with van der Waals surface area (Å²) in [4.78, 5) is 4.93. The molecule has 1 rings (SSSR count). The Morgan fingerprint density at radius 1 is 1.10 bits per heavy atom. The molecule has 0 aromatic heterocycles. The smallest absolute Gasteiger partial charge is 0.161 e. The lowest BCUT2D eigenvalue weighted by molar-refractivity contribution is -0.108. The van der Waals surface area contributed by atoms with Gasteiger partial charge in [0, 0.05) is 38.1 Å². The molecule has 2 N–H and O–H groups in total. The SMILES string of the molecule is C[SiH2]OC(O[SiH2]C)C(C)(C)[C@@H](CN)CN1CCN(C)CC1. The van der Waals surface area contributed by atoms with Crippen LogP contribution in [-0.4, -0.2) is 81.9 Å². The molecule has 7 heteroatoms. The van der Waals surface area contributed by atoms with E-state index in [1.54, 1.807) is 0 Å². The van der Waals surface area contributed by atoms with Gasteiger partial charge in [0.2, 0.25) is 0 Å². The van der Waals surface area contributed by atoms with Gasteiger partial charge in [-0.15, -0.1) is 0 Å². The van der Waals surface area contributed by atoms with E-state index in [2.05, 4.69) is 43.8 Å². The molecule has 1 aliphatic heterocycles. The van der Waals surface area contributed by atoms with Gasteiger partial charge in [-0.05, 0) is 19.5 Å². The number of nitrogens with zero attached hydrogens (tertiary/aromatic N) is 2. The Morgan fingerprint density at radius 2 is 1.62 bits per heavy atom. The molecule has 126 valence electrons. The second-order valence-corrected chi connectivity index (χ2v) is 8.42.